The van der Waals surface area contributed by atoms with Gasteiger partial charge in [0.1, 0.15) is 0 Å². The van der Waals surface area contributed by atoms with Crippen molar-refractivity contribution in [2.45, 2.75) is 38.8 Å². The number of hydrogen-bond acceptors (Lipinski definition) is 3. The van der Waals surface area contributed by atoms with Gasteiger partial charge in [-0.1, -0.05) is 12.5 Å². The molecule has 1 saturated heterocycles. The van der Waals surface area contributed by atoms with E-state index in [4.69, 9.17) is 0 Å². The van der Waals surface area contributed by atoms with Crippen molar-refractivity contribution in [1.29, 1.82) is 0 Å². The zero-order valence-electron chi connectivity index (χ0n) is 10.7. The van der Waals surface area contributed by atoms with E-state index in [2.05, 4.69) is 28.2 Å². The molecule has 0 radical (unpaired) electrons. The Morgan fingerprint density at radius 2 is 2.18 bits per heavy atom. The third-order valence-electron chi connectivity index (χ3n) is 3.36. The Balaban J connectivity index is 1.68. The molecule has 1 aromatic heterocycles. The summed E-state index contributed by atoms with van der Waals surface area (Å²) in [5, 5.41) is 3.56. The first kappa shape index (κ1) is 12.5. The van der Waals surface area contributed by atoms with E-state index < -0.39 is 0 Å². The number of hydrogen-bond donors (Lipinski definition) is 1. The summed E-state index contributed by atoms with van der Waals surface area (Å²) >= 11 is 0. The van der Waals surface area contributed by atoms with Crippen LogP contribution in [0.2, 0.25) is 0 Å². The van der Waals surface area contributed by atoms with Crippen molar-refractivity contribution in [3.63, 3.8) is 0 Å². The summed E-state index contributed by atoms with van der Waals surface area (Å²) in [6.07, 6.45) is 7.90. The lowest BCUT2D eigenvalue weighted by Crippen LogP contribution is -2.41. The highest BCUT2D eigenvalue weighted by molar-refractivity contribution is 5.07. The van der Waals surface area contributed by atoms with Gasteiger partial charge < -0.3 is 10.2 Å². The Morgan fingerprint density at radius 1 is 1.35 bits per heavy atom. The summed E-state index contributed by atoms with van der Waals surface area (Å²) in [5.41, 5.74) is 1.26. The van der Waals surface area contributed by atoms with Gasteiger partial charge in [0.15, 0.2) is 0 Å². The number of likely N-dealkylation sites (tertiary alicyclic amines) is 1. The first-order valence-corrected chi connectivity index (χ1v) is 6.69. The van der Waals surface area contributed by atoms with Crippen LogP contribution in [0.25, 0.3) is 0 Å². The second kappa shape index (κ2) is 6.72. The van der Waals surface area contributed by atoms with Gasteiger partial charge in [0.2, 0.25) is 0 Å². The SMILES string of the molecule is CC(CN1CCCCC1)NCc1cccnc1. The monoisotopic (exact) mass is 233 g/mol. The number of pyridine rings is 1. The van der Waals surface area contributed by atoms with Crippen molar-refractivity contribution in [1.82, 2.24) is 15.2 Å². The molecule has 3 heteroatoms. The lowest BCUT2D eigenvalue weighted by atomic mass is 10.1. The highest BCUT2D eigenvalue weighted by atomic mass is 15.1. The number of rotatable bonds is 5. The molecule has 1 N–H and O–H groups in total. The zero-order valence-corrected chi connectivity index (χ0v) is 10.7. The molecule has 1 unspecified atom stereocenters. The summed E-state index contributed by atoms with van der Waals surface area (Å²) < 4.78 is 0. The van der Waals surface area contributed by atoms with Crippen LogP contribution in [0.1, 0.15) is 31.7 Å². The zero-order chi connectivity index (χ0) is 11.9. The van der Waals surface area contributed by atoms with Crippen LogP contribution in [0, 0.1) is 0 Å². The molecule has 0 saturated carbocycles. The molecule has 94 valence electrons. The molecule has 1 fully saturated rings. The summed E-state index contributed by atoms with van der Waals surface area (Å²) in [7, 11) is 0. The maximum absolute atomic E-state index is 4.13. The Labute approximate surface area is 104 Å². The average molecular weight is 233 g/mol. The van der Waals surface area contributed by atoms with Gasteiger partial charge in [-0.05, 0) is 44.5 Å². The lowest BCUT2D eigenvalue weighted by molar-refractivity contribution is 0.209. The predicted molar refractivity (Wildman–Crippen MR) is 70.8 cm³/mol. The fourth-order valence-electron chi connectivity index (χ4n) is 2.39. The van der Waals surface area contributed by atoms with E-state index in [1.54, 1.807) is 0 Å². The van der Waals surface area contributed by atoms with E-state index in [0.717, 1.165) is 6.54 Å². The van der Waals surface area contributed by atoms with E-state index in [-0.39, 0.29) is 0 Å². The summed E-state index contributed by atoms with van der Waals surface area (Å²) in [4.78, 5) is 6.70. The van der Waals surface area contributed by atoms with Crippen LogP contribution in [0.3, 0.4) is 0 Å². The molecule has 0 aliphatic carbocycles. The van der Waals surface area contributed by atoms with Crippen LogP contribution in [0.15, 0.2) is 24.5 Å². The van der Waals surface area contributed by atoms with Gasteiger partial charge in [0.25, 0.3) is 0 Å². The molecule has 1 aliphatic heterocycles. The Hall–Kier alpha value is -0.930. The molecule has 3 nitrogen and oxygen atoms in total. The van der Waals surface area contributed by atoms with Gasteiger partial charge in [0.05, 0.1) is 0 Å². The van der Waals surface area contributed by atoms with Crippen molar-refractivity contribution in [2.75, 3.05) is 19.6 Å². The molecule has 0 amide bonds. The number of piperidine rings is 1. The van der Waals surface area contributed by atoms with E-state index in [0.29, 0.717) is 6.04 Å². The minimum atomic E-state index is 0.549. The number of aromatic nitrogens is 1. The van der Waals surface area contributed by atoms with Crippen LogP contribution in [0.4, 0.5) is 0 Å². The molecule has 1 atom stereocenters. The minimum Gasteiger partial charge on any atom is -0.309 e. The quantitative estimate of drug-likeness (QED) is 0.843. The summed E-state index contributed by atoms with van der Waals surface area (Å²) in [5.74, 6) is 0. The van der Waals surface area contributed by atoms with E-state index >= 15 is 0 Å². The lowest BCUT2D eigenvalue weighted by Gasteiger charge is -2.29. The predicted octanol–water partition coefficient (Wildman–Crippen LogP) is 2.05. The maximum Gasteiger partial charge on any atom is 0.0312 e. The Kier molecular flexibility index (Phi) is 4.95. The van der Waals surface area contributed by atoms with Crippen molar-refractivity contribution in [2.24, 2.45) is 0 Å². The smallest absolute Gasteiger partial charge is 0.0312 e. The topological polar surface area (TPSA) is 28.2 Å². The van der Waals surface area contributed by atoms with Gasteiger partial charge in [-0.3, -0.25) is 4.98 Å². The standard InChI is InChI=1S/C14H23N3/c1-13(12-17-8-3-2-4-9-17)16-11-14-6-5-7-15-10-14/h5-7,10,13,16H,2-4,8-9,11-12H2,1H3. The van der Waals surface area contributed by atoms with Crippen LogP contribution in [-0.4, -0.2) is 35.6 Å². The molecule has 0 aromatic carbocycles. The van der Waals surface area contributed by atoms with E-state index in [1.807, 2.05) is 18.5 Å². The van der Waals surface area contributed by atoms with Gasteiger partial charge in [0, 0.05) is 31.5 Å². The molecule has 2 heterocycles. The first-order chi connectivity index (χ1) is 8.34. The van der Waals surface area contributed by atoms with Crippen molar-refractivity contribution < 1.29 is 0 Å². The largest absolute Gasteiger partial charge is 0.309 e. The molecular formula is C14H23N3. The van der Waals surface area contributed by atoms with Gasteiger partial charge in [-0.15, -0.1) is 0 Å². The van der Waals surface area contributed by atoms with Crippen LogP contribution in [0.5, 0.6) is 0 Å². The first-order valence-electron chi connectivity index (χ1n) is 6.69. The van der Waals surface area contributed by atoms with Gasteiger partial charge >= 0.3 is 0 Å². The van der Waals surface area contributed by atoms with Crippen LogP contribution < -0.4 is 5.32 Å². The summed E-state index contributed by atoms with van der Waals surface area (Å²) in [6, 6.07) is 4.66. The molecule has 1 aromatic rings. The molecule has 0 spiro atoms. The van der Waals surface area contributed by atoms with E-state index in [9.17, 15) is 0 Å². The maximum atomic E-state index is 4.13. The average Bonchev–Trinajstić information content (AvgIpc) is 2.39. The normalized spacial score (nSPS) is 19.1. The number of nitrogens with zero attached hydrogens (tertiary/aromatic N) is 2. The summed E-state index contributed by atoms with van der Waals surface area (Å²) in [6.45, 7) is 6.91. The fraction of sp³-hybridized carbons (Fsp3) is 0.643. The second-order valence-corrected chi connectivity index (χ2v) is 5.00. The number of nitrogens with one attached hydrogen (secondary N) is 1. The highest BCUT2D eigenvalue weighted by Crippen LogP contribution is 2.08. The van der Waals surface area contributed by atoms with Crippen molar-refractivity contribution in [3.05, 3.63) is 30.1 Å². The molecule has 2 rings (SSSR count). The molecule has 1 aliphatic rings. The van der Waals surface area contributed by atoms with Crippen molar-refractivity contribution in [3.8, 4) is 0 Å². The third-order valence-corrected chi connectivity index (χ3v) is 3.36. The van der Waals surface area contributed by atoms with Gasteiger partial charge in [-0.25, -0.2) is 0 Å². The molecular weight excluding hydrogens is 210 g/mol. The highest BCUT2D eigenvalue weighted by Gasteiger charge is 2.12. The van der Waals surface area contributed by atoms with Crippen LogP contribution in [-0.2, 0) is 6.54 Å². The van der Waals surface area contributed by atoms with Crippen LogP contribution >= 0.6 is 0 Å². The second-order valence-electron chi connectivity index (χ2n) is 5.00. The van der Waals surface area contributed by atoms with E-state index in [1.165, 1.54) is 44.5 Å². The molecule has 0 bridgehead atoms. The van der Waals surface area contributed by atoms with Gasteiger partial charge in [-0.2, -0.15) is 0 Å². The van der Waals surface area contributed by atoms with Crippen molar-refractivity contribution >= 4 is 0 Å². The fourth-order valence-corrected chi connectivity index (χ4v) is 2.39. The third kappa shape index (κ3) is 4.44. The Morgan fingerprint density at radius 3 is 2.88 bits per heavy atom. The minimum absolute atomic E-state index is 0.549. The molecule has 17 heavy (non-hydrogen) atoms. The Bertz CT molecular complexity index is 307.